The van der Waals surface area contributed by atoms with Gasteiger partial charge in [0.05, 0.1) is 12.8 Å². The number of fused-ring (bicyclic) bond motifs is 1. The second-order valence-electron chi connectivity index (χ2n) is 9.35. The van der Waals surface area contributed by atoms with Crippen LogP contribution in [0.1, 0.15) is 55.3 Å². The first-order valence-corrected chi connectivity index (χ1v) is 12.3. The van der Waals surface area contributed by atoms with Crippen molar-refractivity contribution in [2.24, 2.45) is 5.92 Å². The van der Waals surface area contributed by atoms with Crippen LogP contribution in [0.2, 0.25) is 5.02 Å². The molecule has 2 aliphatic carbocycles. The van der Waals surface area contributed by atoms with Gasteiger partial charge in [-0.1, -0.05) is 17.7 Å². The fourth-order valence-electron chi connectivity index (χ4n) is 4.98. The number of nitrogens with zero attached hydrogens (tertiary/aromatic N) is 3. The Morgan fingerprint density at radius 2 is 1.88 bits per heavy atom. The number of halogens is 1. The molecule has 0 unspecified atom stereocenters. The van der Waals surface area contributed by atoms with E-state index in [1.807, 2.05) is 18.2 Å². The minimum absolute atomic E-state index is 0.458. The molecule has 7 heteroatoms. The minimum atomic E-state index is 0.458. The van der Waals surface area contributed by atoms with Gasteiger partial charge in [0.25, 0.3) is 0 Å². The molecule has 32 heavy (non-hydrogen) atoms. The number of benzene rings is 1. The molecule has 0 aliphatic heterocycles. The van der Waals surface area contributed by atoms with Gasteiger partial charge in [-0.05, 0) is 76.0 Å². The number of anilines is 2. The molecule has 0 radical (unpaired) electrons. The molecule has 0 atom stereocenters. The average molecular weight is 458 g/mol. The summed E-state index contributed by atoms with van der Waals surface area (Å²) < 4.78 is 5.45. The van der Waals surface area contributed by atoms with Gasteiger partial charge in [0.2, 0.25) is 5.95 Å². The van der Waals surface area contributed by atoms with E-state index in [1.165, 1.54) is 36.9 Å². The van der Waals surface area contributed by atoms with Crippen LogP contribution < -0.4 is 20.3 Å². The summed E-state index contributed by atoms with van der Waals surface area (Å²) in [6.07, 6.45) is 9.40. The molecule has 1 aromatic heterocycles. The molecule has 0 saturated heterocycles. The zero-order valence-corrected chi connectivity index (χ0v) is 20.3. The van der Waals surface area contributed by atoms with Crippen LogP contribution in [0.3, 0.4) is 0 Å². The molecule has 2 N–H and O–H groups in total. The lowest BCUT2D eigenvalue weighted by atomic mass is 9.86. The average Bonchev–Trinajstić information content (AvgIpc) is 2.80. The monoisotopic (exact) mass is 457 g/mol. The Hall–Kier alpha value is -2.05. The molecule has 1 aromatic carbocycles. The van der Waals surface area contributed by atoms with E-state index in [0.717, 1.165) is 61.9 Å². The second-order valence-corrected chi connectivity index (χ2v) is 9.78. The van der Waals surface area contributed by atoms with Gasteiger partial charge in [-0.3, -0.25) is 0 Å². The lowest BCUT2D eigenvalue weighted by molar-refractivity contribution is 0.322. The predicted octanol–water partition coefficient (Wildman–Crippen LogP) is 4.84. The zero-order chi connectivity index (χ0) is 22.5. The van der Waals surface area contributed by atoms with Crippen LogP contribution in [-0.4, -0.2) is 43.8 Å². The Bertz CT molecular complexity index is 911. The van der Waals surface area contributed by atoms with Crippen molar-refractivity contribution in [3.05, 3.63) is 40.0 Å². The summed E-state index contributed by atoms with van der Waals surface area (Å²) in [5.41, 5.74) is 3.74. The molecule has 6 nitrogen and oxygen atoms in total. The van der Waals surface area contributed by atoms with E-state index in [0.29, 0.717) is 17.0 Å². The van der Waals surface area contributed by atoms with Crippen molar-refractivity contribution in [2.45, 2.75) is 64.0 Å². The molecular formula is C25H36ClN5O. The molecule has 1 heterocycles. The van der Waals surface area contributed by atoms with Gasteiger partial charge in [0.1, 0.15) is 11.6 Å². The van der Waals surface area contributed by atoms with Crippen LogP contribution in [0.25, 0.3) is 0 Å². The molecule has 4 rings (SSSR count). The van der Waals surface area contributed by atoms with Gasteiger partial charge in [0, 0.05) is 42.8 Å². The third-order valence-corrected chi connectivity index (χ3v) is 7.00. The van der Waals surface area contributed by atoms with Gasteiger partial charge in [-0.15, -0.1) is 0 Å². The summed E-state index contributed by atoms with van der Waals surface area (Å²) in [6.45, 7) is 1.83. The van der Waals surface area contributed by atoms with Crippen molar-refractivity contribution in [3.8, 4) is 5.75 Å². The maximum absolute atomic E-state index is 6.06. The van der Waals surface area contributed by atoms with E-state index >= 15 is 0 Å². The Balaban J connectivity index is 1.27. The summed E-state index contributed by atoms with van der Waals surface area (Å²) in [7, 11) is 5.86. The van der Waals surface area contributed by atoms with E-state index in [-0.39, 0.29) is 0 Å². The van der Waals surface area contributed by atoms with Crippen LogP contribution >= 0.6 is 11.6 Å². The summed E-state index contributed by atoms with van der Waals surface area (Å²) in [6, 6.07) is 6.29. The van der Waals surface area contributed by atoms with Gasteiger partial charge >= 0.3 is 0 Å². The molecule has 0 spiro atoms. The maximum Gasteiger partial charge on any atom is 0.225 e. The standard InChI is InChI=1S/C25H36ClN5O/c1-31(2)24-21-6-4-5-7-22(21)29-25(30-24)28-20-12-8-17(9-13-20)15-27-16-18-10-11-19(26)14-23(18)32-3/h10-11,14,17,20,27H,4-9,12-13,15-16H2,1-3H3,(H,28,29,30). The Morgan fingerprint density at radius 3 is 2.62 bits per heavy atom. The third-order valence-electron chi connectivity index (χ3n) is 6.76. The first-order chi connectivity index (χ1) is 15.5. The first-order valence-electron chi connectivity index (χ1n) is 11.9. The first kappa shape index (κ1) is 23.1. The van der Waals surface area contributed by atoms with Crippen molar-refractivity contribution >= 4 is 23.4 Å². The Kier molecular flexibility index (Phi) is 7.74. The lowest BCUT2D eigenvalue weighted by Crippen LogP contribution is -2.32. The van der Waals surface area contributed by atoms with E-state index in [1.54, 1.807) is 7.11 Å². The summed E-state index contributed by atoms with van der Waals surface area (Å²) in [5.74, 6) is 3.45. The number of hydrogen-bond acceptors (Lipinski definition) is 6. The van der Waals surface area contributed by atoms with Crippen LogP contribution in [-0.2, 0) is 19.4 Å². The molecule has 1 fully saturated rings. The number of nitrogens with one attached hydrogen (secondary N) is 2. The Morgan fingerprint density at radius 1 is 1.09 bits per heavy atom. The second kappa shape index (κ2) is 10.7. The smallest absolute Gasteiger partial charge is 0.225 e. The highest BCUT2D eigenvalue weighted by atomic mass is 35.5. The van der Waals surface area contributed by atoms with Crippen LogP contribution in [0.5, 0.6) is 5.75 Å². The SMILES string of the molecule is COc1cc(Cl)ccc1CNCC1CCC(Nc2nc3c(c(N(C)C)n2)CCCC3)CC1. The molecule has 2 aliphatic rings. The summed E-state index contributed by atoms with van der Waals surface area (Å²) in [5, 5.41) is 7.97. The lowest BCUT2D eigenvalue weighted by Gasteiger charge is -2.30. The third kappa shape index (κ3) is 5.65. The normalized spacial score (nSPS) is 20.5. The van der Waals surface area contributed by atoms with Gasteiger partial charge in [-0.2, -0.15) is 4.98 Å². The van der Waals surface area contributed by atoms with Gasteiger partial charge < -0.3 is 20.3 Å². The van der Waals surface area contributed by atoms with Crippen molar-refractivity contribution in [1.29, 1.82) is 0 Å². The molecule has 2 aromatic rings. The van der Waals surface area contributed by atoms with Crippen LogP contribution in [0.15, 0.2) is 18.2 Å². The topological polar surface area (TPSA) is 62.3 Å². The number of aryl methyl sites for hydroxylation is 1. The fourth-order valence-corrected chi connectivity index (χ4v) is 5.14. The van der Waals surface area contributed by atoms with E-state index < -0.39 is 0 Å². The Labute approximate surface area is 197 Å². The highest BCUT2D eigenvalue weighted by Gasteiger charge is 2.24. The van der Waals surface area contributed by atoms with Gasteiger partial charge in [-0.25, -0.2) is 4.98 Å². The highest BCUT2D eigenvalue weighted by Crippen LogP contribution is 2.30. The number of aromatic nitrogens is 2. The van der Waals surface area contributed by atoms with Crippen molar-refractivity contribution in [2.75, 3.05) is 38.0 Å². The fraction of sp³-hybridized carbons (Fsp3) is 0.600. The number of hydrogen-bond donors (Lipinski definition) is 2. The summed E-state index contributed by atoms with van der Waals surface area (Å²) >= 11 is 6.06. The molecule has 0 bridgehead atoms. The van der Waals surface area contributed by atoms with Crippen molar-refractivity contribution in [1.82, 2.24) is 15.3 Å². The van der Waals surface area contributed by atoms with E-state index in [9.17, 15) is 0 Å². The largest absolute Gasteiger partial charge is 0.496 e. The van der Waals surface area contributed by atoms with Gasteiger partial charge in [0.15, 0.2) is 0 Å². The van der Waals surface area contributed by atoms with Crippen LogP contribution in [0, 0.1) is 5.92 Å². The van der Waals surface area contributed by atoms with Crippen molar-refractivity contribution in [3.63, 3.8) is 0 Å². The maximum atomic E-state index is 6.06. The molecular weight excluding hydrogens is 422 g/mol. The highest BCUT2D eigenvalue weighted by molar-refractivity contribution is 6.30. The number of methoxy groups -OCH3 is 1. The number of ether oxygens (including phenoxy) is 1. The molecule has 0 amide bonds. The van der Waals surface area contributed by atoms with E-state index in [4.69, 9.17) is 26.3 Å². The molecule has 174 valence electrons. The number of rotatable bonds is 8. The quantitative estimate of drug-likeness (QED) is 0.591. The molecule has 1 saturated carbocycles. The predicted molar refractivity (Wildman–Crippen MR) is 132 cm³/mol. The van der Waals surface area contributed by atoms with Crippen LogP contribution in [0.4, 0.5) is 11.8 Å². The zero-order valence-electron chi connectivity index (χ0n) is 19.6. The minimum Gasteiger partial charge on any atom is -0.496 e. The van der Waals surface area contributed by atoms with E-state index in [2.05, 4.69) is 29.6 Å². The van der Waals surface area contributed by atoms with Crippen molar-refractivity contribution < 1.29 is 4.74 Å². The summed E-state index contributed by atoms with van der Waals surface area (Å²) in [4.78, 5) is 11.9.